The van der Waals surface area contributed by atoms with Crippen LogP contribution in [0.3, 0.4) is 0 Å². The Balaban J connectivity index is 5.75. The van der Waals surface area contributed by atoms with Crippen LogP contribution in [0, 0.1) is 0 Å². The van der Waals surface area contributed by atoms with Crippen LogP contribution in [0.5, 0.6) is 0 Å². The first kappa shape index (κ1) is 18.3. The van der Waals surface area contributed by atoms with E-state index >= 15 is 0 Å². The monoisotopic (exact) mass is 386 g/mol. The Morgan fingerprint density at radius 2 is 1.33 bits per heavy atom. The van der Waals surface area contributed by atoms with Crippen LogP contribution in [0.1, 0.15) is 20.8 Å². The van der Waals surface area contributed by atoms with Crippen molar-refractivity contribution in [3.63, 3.8) is 0 Å². The van der Waals surface area contributed by atoms with E-state index in [1.54, 1.807) is 0 Å². The molecule has 3 radical (unpaired) electrons. The first-order chi connectivity index (χ1) is 7.99. The molecule has 0 bridgehead atoms. The molecule has 1 unspecified atom stereocenters. The number of rotatable bonds is 5. The number of hydrogen-bond donors (Lipinski definition) is 0. The molecule has 0 amide bonds. The molecular weight excluding hydrogens is 371 g/mol. The zero-order chi connectivity index (χ0) is 14.8. The van der Waals surface area contributed by atoms with E-state index in [4.69, 9.17) is 0 Å². The average Bonchev–Trinajstić information content (AvgIpc) is 2.16. The molecule has 0 aromatic rings. The topological polar surface area (TPSA) is 12.5 Å². The van der Waals surface area contributed by atoms with Crippen molar-refractivity contribution < 1.29 is 29.4 Å². The van der Waals surface area contributed by atoms with Gasteiger partial charge in [0.05, 0.1) is 0 Å². The molecule has 0 aromatic heterocycles. The van der Waals surface area contributed by atoms with E-state index in [1.165, 1.54) is 13.8 Å². The Hall–Kier alpha value is 0.299. The molecule has 18 heavy (non-hydrogen) atoms. The van der Waals surface area contributed by atoms with Crippen molar-refractivity contribution in [1.29, 1.82) is 0 Å². The summed E-state index contributed by atoms with van der Waals surface area (Å²) < 4.78 is 81.4. The summed E-state index contributed by atoms with van der Waals surface area (Å²) >= 11 is -0.276. The van der Waals surface area contributed by atoms with Crippen LogP contribution in [0.15, 0.2) is 0 Å². The predicted octanol–water partition coefficient (Wildman–Crippen LogP) is 2.68. The summed E-state index contributed by atoms with van der Waals surface area (Å²) in [6.07, 6.45) is -11.0. The molecule has 0 aromatic carbocycles. The molecule has 0 aliphatic heterocycles. The number of halogens is 6. The van der Waals surface area contributed by atoms with Gasteiger partial charge in [0.2, 0.25) is 0 Å². The van der Waals surface area contributed by atoms with Crippen molar-refractivity contribution >= 4 is 22.9 Å². The predicted molar refractivity (Wildman–Crippen MR) is 54.1 cm³/mol. The molecule has 0 saturated heterocycles. The molecule has 107 valence electrons. The maximum atomic E-state index is 12.9. The van der Waals surface area contributed by atoms with Gasteiger partial charge in [-0.1, -0.05) is 0 Å². The zero-order valence-corrected chi connectivity index (χ0v) is 13.0. The summed E-state index contributed by atoms with van der Waals surface area (Å²) in [5.41, 5.74) is -4.13. The van der Waals surface area contributed by atoms with Gasteiger partial charge in [-0.25, -0.2) is 0 Å². The van der Waals surface area contributed by atoms with E-state index < -0.39 is 24.0 Å². The number of nitrogens with zero attached hydrogens (tertiary/aromatic N) is 1. The molecular formula is C9H14F6NOSn. The van der Waals surface area contributed by atoms with Gasteiger partial charge in [0, 0.05) is 0 Å². The third-order valence-electron chi connectivity index (χ3n) is 2.95. The molecule has 9 heteroatoms. The van der Waals surface area contributed by atoms with Crippen molar-refractivity contribution in [3.8, 4) is 0 Å². The number of alkyl halides is 6. The van der Waals surface area contributed by atoms with Crippen LogP contribution in [0.2, 0.25) is 0 Å². The van der Waals surface area contributed by atoms with E-state index in [-0.39, 0.29) is 36.0 Å². The van der Waals surface area contributed by atoms with E-state index in [9.17, 15) is 26.3 Å². The normalized spacial score (nSPS) is 16.2. The Labute approximate surface area is 115 Å². The van der Waals surface area contributed by atoms with Gasteiger partial charge in [0.15, 0.2) is 0 Å². The van der Waals surface area contributed by atoms with Crippen molar-refractivity contribution in [2.75, 3.05) is 13.1 Å². The van der Waals surface area contributed by atoms with Crippen LogP contribution in [0.25, 0.3) is 0 Å². The van der Waals surface area contributed by atoms with E-state index in [0.29, 0.717) is 0 Å². The number of likely N-dealkylation sites (N-methyl/N-ethyl adjacent to an activating group) is 1. The molecule has 2 nitrogen and oxygen atoms in total. The molecule has 0 N–H and O–H groups in total. The fourth-order valence-corrected chi connectivity index (χ4v) is 3.01. The summed E-state index contributed by atoms with van der Waals surface area (Å²) in [6.45, 7) is 4.04. The van der Waals surface area contributed by atoms with E-state index in [2.05, 4.69) is 3.07 Å². The molecule has 0 saturated carbocycles. The second-order valence-corrected chi connectivity index (χ2v) is 4.31. The second kappa shape index (κ2) is 6.17. The third-order valence-corrected chi connectivity index (χ3v) is 3.87. The molecule has 0 rings (SSSR count). The van der Waals surface area contributed by atoms with Gasteiger partial charge < -0.3 is 0 Å². The van der Waals surface area contributed by atoms with Crippen LogP contribution in [0.4, 0.5) is 26.3 Å². The first-order valence-corrected chi connectivity index (χ1v) is 6.38. The standard InChI is InChI=1S/C9H14F6NO.Sn/c1-4-16(5-2)6(3)7(17,8(10,11)12)9(13,14)15;/h6H,4-5H2,1-3H3;/q-1;+1. The van der Waals surface area contributed by atoms with Gasteiger partial charge in [-0.2, -0.15) is 0 Å². The van der Waals surface area contributed by atoms with Gasteiger partial charge in [0.25, 0.3) is 0 Å². The van der Waals surface area contributed by atoms with Crippen molar-refractivity contribution in [3.05, 3.63) is 0 Å². The SMILES string of the molecule is CCN(CC)C(C)C([O][Sn])(C(F)(F)F)C(F)(F)F. The molecule has 0 aliphatic carbocycles. The maximum absolute atomic E-state index is 12.9. The molecule has 0 aliphatic rings. The quantitative estimate of drug-likeness (QED) is 0.534. The number of hydrogen-bond acceptors (Lipinski definition) is 2. The summed E-state index contributed by atoms with van der Waals surface area (Å²) in [4.78, 5) is 1.07. The first-order valence-electron chi connectivity index (χ1n) is 5.21. The van der Waals surface area contributed by atoms with E-state index in [1.807, 2.05) is 0 Å². The zero-order valence-electron chi connectivity index (χ0n) is 10.1. The minimum atomic E-state index is -5.52. The summed E-state index contributed by atoms with van der Waals surface area (Å²) in [5, 5.41) is 0. The summed E-state index contributed by atoms with van der Waals surface area (Å²) in [6, 6.07) is -1.84. The Bertz CT molecular complexity index is 249. The van der Waals surface area contributed by atoms with Crippen LogP contribution in [-0.4, -0.2) is 64.9 Å². The van der Waals surface area contributed by atoms with Crippen LogP contribution >= 0.6 is 0 Å². The Morgan fingerprint density at radius 1 is 1.00 bits per heavy atom. The summed E-state index contributed by atoms with van der Waals surface area (Å²) in [5.74, 6) is 0. The van der Waals surface area contributed by atoms with Crippen LogP contribution in [-0.2, 0) is 3.07 Å². The molecule has 0 fully saturated rings. The molecule has 1 atom stereocenters. The van der Waals surface area contributed by atoms with Crippen molar-refractivity contribution in [2.24, 2.45) is 0 Å². The fourth-order valence-electron chi connectivity index (χ4n) is 1.86. The summed E-state index contributed by atoms with van der Waals surface area (Å²) in [7, 11) is 0. The molecule has 0 spiro atoms. The van der Waals surface area contributed by atoms with Gasteiger partial charge in [0.1, 0.15) is 0 Å². The molecule has 0 heterocycles. The van der Waals surface area contributed by atoms with Gasteiger partial charge >= 0.3 is 115 Å². The fraction of sp³-hybridized carbons (Fsp3) is 1.00. The van der Waals surface area contributed by atoms with Crippen molar-refractivity contribution in [1.82, 2.24) is 4.90 Å². The van der Waals surface area contributed by atoms with E-state index in [0.717, 1.165) is 11.8 Å². The second-order valence-electron chi connectivity index (χ2n) is 3.73. The Kier molecular flexibility index (Phi) is 6.27. The van der Waals surface area contributed by atoms with Gasteiger partial charge in [-0.3, -0.25) is 0 Å². The van der Waals surface area contributed by atoms with Crippen molar-refractivity contribution in [2.45, 2.75) is 44.8 Å². The van der Waals surface area contributed by atoms with Crippen LogP contribution < -0.4 is 0 Å². The van der Waals surface area contributed by atoms with Gasteiger partial charge in [-0.15, -0.1) is 0 Å². The Morgan fingerprint density at radius 3 is 1.50 bits per heavy atom. The van der Waals surface area contributed by atoms with Gasteiger partial charge in [-0.05, 0) is 0 Å². The minimum absolute atomic E-state index is 0.0744. The average molecular weight is 385 g/mol. The third kappa shape index (κ3) is 3.06.